The molecular weight excluding hydrogens is 178 g/mol. The van der Waals surface area contributed by atoms with Crippen LogP contribution in [0, 0.1) is 5.92 Å². The average Bonchev–Trinajstić information content (AvgIpc) is 2.20. The Bertz CT molecular complexity index is 135. The molecule has 0 spiro atoms. The van der Waals surface area contributed by atoms with Gasteiger partial charge in [0, 0.05) is 25.9 Å². The molecule has 1 aliphatic heterocycles. The molecule has 1 aliphatic rings. The molecule has 0 aromatic carbocycles. The molecule has 14 heavy (non-hydrogen) atoms. The molecule has 1 saturated heterocycles. The Morgan fingerprint density at radius 1 is 1.43 bits per heavy atom. The minimum absolute atomic E-state index is 0.213. The van der Waals surface area contributed by atoms with Crippen molar-refractivity contribution in [2.45, 2.75) is 38.6 Å². The molecule has 0 bridgehead atoms. The highest BCUT2D eigenvalue weighted by Gasteiger charge is 2.16. The van der Waals surface area contributed by atoms with E-state index in [1.165, 1.54) is 12.8 Å². The summed E-state index contributed by atoms with van der Waals surface area (Å²) >= 11 is 0. The van der Waals surface area contributed by atoms with Crippen LogP contribution in [0.15, 0.2) is 0 Å². The van der Waals surface area contributed by atoms with E-state index in [4.69, 9.17) is 15.2 Å². The minimum Gasteiger partial charge on any atom is -0.381 e. The molecule has 0 aromatic rings. The van der Waals surface area contributed by atoms with Gasteiger partial charge < -0.3 is 15.2 Å². The molecule has 2 N–H and O–H groups in total. The van der Waals surface area contributed by atoms with Gasteiger partial charge in [-0.1, -0.05) is 6.92 Å². The van der Waals surface area contributed by atoms with Crippen LogP contribution < -0.4 is 5.73 Å². The second-order valence-corrected chi connectivity index (χ2v) is 4.13. The maximum atomic E-state index is 5.98. The van der Waals surface area contributed by atoms with Crippen molar-refractivity contribution in [1.29, 1.82) is 0 Å². The van der Waals surface area contributed by atoms with Crippen LogP contribution in [-0.4, -0.2) is 32.5 Å². The van der Waals surface area contributed by atoms with Gasteiger partial charge in [-0.2, -0.15) is 0 Å². The zero-order valence-corrected chi connectivity index (χ0v) is 9.21. The Hall–Kier alpha value is -0.120. The molecule has 0 radical (unpaired) electrons. The molecule has 0 aliphatic carbocycles. The fraction of sp³-hybridized carbons (Fsp3) is 1.00. The summed E-state index contributed by atoms with van der Waals surface area (Å²) in [5, 5.41) is 0. The maximum absolute atomic E-state index is 5.98. The first-order valence-electron chi connectivity index (χ1n) is 5.74. The van der Waals surface area contributed by atoms with Crippen molar-refractivity contribution in [2.75, 3.05) is 26.4 Å². The van der Waals surface area contributed by atoms with Crippen molar-refractivity contribution >= 4 is 0 Å². The van der Waals surface area contributed by atoms with Crippen LogP contribution in [0.2, 0.25) is 0 Å². The van der Waals surface area contributed by atoms with E-state index >= 15 is 0 Å². The van der Waals surface area contributed by atoms with Gasteiger partial charge in [0.05, 0.1) is 6.61 Å². The predicted octanol–water partition coefficient (Wildman–Crippen LogP) is 1.56. The highest BCUT2D eigenvalue weighted by Crippen LogP contribution is 2.19. The highest BCUT2D eigenvalue weighted by molar-refractivity contribution is 4.70. The van der Waals surface area contributed by atoms with Crippen LogP contribution in [0.5, 0.6) is 0 Å². The SMILES string of the molecule is CCCOCC(N)CC1CCOCC1. The number of nitrogens with two attached hydrogens (primary N) is 1. The molecular formula is C11H23NO2. The number of ether oxygens (including phenoxy) is 2. The summed E-state index contributed by atoms with van der Waals surface area (Å²) in [7, 11) is 0. The summed E-state index contributed by atoms with van der Waals surface area (Å²) in [6.45, 7) is 5.48. The lowest BCUT2D eigenvalue weighted by atomic mass is 9.93. The molecule has 3 nitrogen and oxygen atoms in total. The molecule has 84 valence electrons. The lowest BCUT2D eigenvalue weighted by molar-refractivity contribution is 0.0542. The Morgan fingerprint density at radius 2 is 2.14 bits per heavy atom. The molecule has 0 aromatic heterocycles. The summed E-state index contributed by atoms with van der Waals surface area (Å²) in [6, 6.07) is 0.213. The van der Waals surface area contributed by atoms with Gasteiger partial charge in [-0.05, 0) is 31.6 Å². The number of hydrogen-bond acceptors (Lipinski definition) is 3. The first kappa shape index (κ1) is 12.0. The van der Waals surface area contributed by atoms with Crippen molar-refractivity contribution in [3.8, 4) is 0 Å². The first-order chi connectivity index (χ1) is 6.83. The Balaban J connectivity index is 2.03. The van der Waals surface area contributed by atoms with Crippen LogP contribution in [0.1, 0.15) is 32.6 Å². The Kier molecular flexibility index (Phi) is 6.15. The molecule has 1 fully saturated rings. The second kappa shape index (κ2) is 7.21. The van der Waals surface area contributed by atoms with E-state index in [1.54, 1.807) is 0 Å². The van der Waals surface area contributed by atoms with Crippen LogP contribution in [0.3, 0.4) is 0 Å². The molecule has 1 unspecified atom stereocenters. The zero-order valence-electron chi connectivity index (χ0n) is 9.21. The van der Waals surface area contributed by atoms with Crippen LogP contribution in [0.4, 0.5) is 0 Å². The normalized spacial score (nSPS) is 21.0. The summed E-state index contributed by atoms with van der Waals surface area (Å²) in [5.41, 5.74) is 5.98. The van der Waals surface area contributed by atoms with E-state index in [1.807, 2.05) is 0 Å². The highest BCUT2D eigenvalue weighted by atomic mass is 16.5. The average molecular weight is 201 g/mol. The van der Waals surface area contributed by atoms with Crippen molar-refractivity contribution < 1.29 is 9.47 Å². The van der Waals surface area contributed by atoms with Gasteiger partial charge >= 0.3 is 0 Å². The standard InChI is InChI=1S/C11H23NO2/c1-2-5-14-9-11(12)8-10-3-6-13-7-4-10/h10-11H,2-9,12H2,1H3. The lowest BCUT2D eigenvalue weighted by Gasteiger charge is -2.24. The summed E-state index contributed by atoms with van der Waals surface area (Å²) in [4.78, 5) is 0. The third-order valence-corrected chi connectivity index (χ3v) is 2.66. The predicted molar refractivity (Wildman–Crippen MR) is 57.2 cm³/mol. The zero-order chi connectivity index (χ0) is 10.2. The minimum atomic E-state index is 0.213. The summed E-state index contributed by atoms with van der Waals surface area (Å²) in [6.07, 6.45) is 4.50. The van der Waals surface area contributed by atoms with Gasteiger partial charge in [-0.15, -0.1) is 0 Å². The van der Waals surface area contributed by atoms with Crippen LogP contribution in [0.25, 0.3) is 0 Å². The van der Waals surface area contributed by atoms with Gasteiger partial charge in [0.25, 0.3) is 0 Å². The van der Waals surface area contributed by atoms with E-state index in [9.17, 15) is 0 Å². The molecule has 1 atom stereocenters. The van der Waals surface area contributed by atoms with E-state index in [2.05, 4.69) is 6.92 Å². The monoisotopic (exact) mass is 201 g/mol. The van der Waals surface area contributed by atoms with E-state index in [0.717, 1.165) is 38.6 Å². The number of hydrogen-bond donors (Lipinski definition) is 1. The quantitative estimate of drug-likeness (QED) is 0.663. The van der Waals surface area contributed by atoms with Crippen molar-refractivity contribution in [1.82, 2.24) is 0 Å². The third kappa shape index (κ3) is 4.94. The van der Waals surface area contributed by atoms with Gasteiger partial charge in [0.2, 0.25) is 0 Å². The Morgan fingerprint density at radius 3 is 2.79 bits per heavy atom. The van der Waals surface area contributed by atoms with E-state index in [-0.39, 0.29) is 6.04 Å². The first-order valence-corrected chi connectivity index (χ1v) is 5.74. The van der Waals surface area contributed by atoms with Crippen molar-refractivity contribution in [3.63, 3.8) is 0 Å². The van der Waals surface area contributed by atoms with Crippen molar-refractivity contribution in [2.24, 2.45) is 11.7 Å². The molecule has 1 rings (SSSR count). The largest absolute Gasteiger partial charge is 0.381 e. The summed E-state index contributed by atoms with van der Waals surface area (Å²) in [5.74, 6) is 0.754. The van der Waals surface area contributed by atoms with Crippen molar-refractivity contribution in [3.05, 3.63) is 0 Å². The van der Waals surface area contributed by atoms with Crippen LogP contribution in [-0.2, 0) is 9.47 Å². The van der Waals surface area contributed by atoms with Gasteiger partial charge in [-0.3, -0.25) is 0 Å². The van der Waals surface area contributed by atoms with E-state index in [0.29, 0.717) is 6.61 Å². The van der Waals surface area contributed by atoms with Gasteiger partial charge in [-0.25, -0.2) is 0 Å². The fourth-order valence-electron chi connectivity index (χ4n) is 1.86. The number of rotatable bonds is 6. The summed E-state index contributed by atoms with van der Waals surface area (Å²) < 4.78 is 10.7. The van der Waals surface area contributed by atoms with Crippen LogP contribution >= 0.6 is 0 Å². The third-order valence-electron chi connectivity index (χ3n) is 2.66. The molecule has 3 heteroatoms. The van der Waals surface area contributed by atoms with Gasteiger partial charge in [0.1, 0.15) is 0 Å². The molecule has 0 saturated carbocycles. The Labute approximate surface area is 86.9 Å². The lowest BCUT2D eigenvalue weighted by Crippen LogP contribution is -2.31. The van der Waals surface area contributed by atoms with Gasteiger partial charge in [0.15, 0.2) is 0 Å². The van der Waals surface area contributed by atoms with E-state index < -0.39 is 0 Å². The molecule has 1 heterocycles. The molecule has 0 amide bonds. The maximum Gasteiger partial charge on any atom is 0.0617 e. The smallest absolute Gasteiger partial charge is 0.0617 e. The fourth-order valence-corrected chi connectivity index (χ4v) is 1.86. The topological polar surface area (TPSA) is 44.5 Å². The second-order valence-electron chi connectivity index (χ2n) is 4.13.